The molecule has 1 aliphatic rings. The van der Waals surface area contributed by atoms with Gasteiger partial charge in [0.25, 0.3) is 0 Å². The van der Waals surface area contributed by atoms with Crippen LogP contribution in [0.15, 0.2) is 33.7 Å². The molecule has 31 heavy (non-hydrogen) atoms. The first kappa shape index (κ1) is 22.8. The van der Waals surface area contributed by atoms with Crippen molar-refractivity contribution in [1.82, 2.24) is 14.8 Å². The Kier molecular flexibility index (Phi) is 6.96. The summed E-state index contributed by atoms with van der Waals surface area (Å²) in [5.41, 5.74) is 1.36. The van der Waals surface area contributed by atoms with Crippen molar-refractivity contribution >= 4 is 33.3 Å². The number of benzene rings is 1. The average molecular weight is 450 g/mol. The summed E-state index contributed by atoms with van der Waals surface area (Å²) in [6.45, 7) is 5.87. The molecule has 0 radical (unpaired) electrons. The van der Waals surface area contributed by atoms with Crippen LogP contribution in [-0.4, -0.2) is 49.5 Å². The predicted octanol–water partition coefficient (Wildman–Crippen LogP) is 2.47. The van der Waals surface area contributed by atoms with Gasteiger partial charge in [-0.3, -0.25) is 4.79 Å². The van der Waals surface area contributed by atoms with Gasteiger partial charge in [-0.2, -0.15) is 4.31 Å². The lowest BCUT2D eigenvalue weighted by Crippen LogP contribution is -2.43. The molecular weight excluding hydrogens is 422 g/mol. The second-order valence-corrected chi connectivity index (χ2v) is 9.28. The van der Waals surface area contributed by atoms with Crippen LogP contribution in [-0.2, 0) is 14.8 Å². The number of hydrogen-bond acceptors (Lipinski definition) is 6. The molecule has 1 aromatic carbocycles. The van der Waals surface area contributed by atoms with Gasteiger partial charge in [0, 0.05) is 31.0 Å². The van der Waals surface area contributed by atoms with Gasteiger partial charge in [-0.15, -0.1) is 0 Å². The van der Waals surface area contributed by atoms with Crippen LogP contribution in [0.1, 0.15) is 31.2 Å². The molecule has 0 saturated carbocycles. The Bertz CT molecular complexity index is 1050. The first-order valence-electron chi connectivity index (χ1n) is 10.1. The molecule has 3 N–H and O–H groups in total. The summed E-state index contributed by atoms with van der Waals surface area (Å²) in [6, 6.07) is 6.45. The Morgan fingerprint density at radius 3 is 2.58 bits per heavy atom. The van der Waals surface area contributed by atoms with Gasteiger partial charge >= 0.3 is 6.03 Å². The zero-order valence-electron chi connectivity index (χ0n) is 17.8. The molecule has 1 saturated heterocycles. The van der Waals surface area contributed by atoms with Crippen molar-refractivity contribution in [2.75, 3.05) is 30.3 Å². The van der Waals surface area contributed by atoms with E-state index in [1.165, 1.54) is 4.31 Å². The van der Waals surface area contributed by atoms with Crippen molar-refractivity contribution in [3.63, 3.8) is 0 Å². The smallest absolute Gasteiger partial charge is 0.319 e. The maximum Gasteiger partial charge on any atom is 0.319 e. The lowest BCUT2D eigenvalue weighted by atomic mass is 9.98. The van der Waals surface area contributed by atoms with Crippen molar-refractivity contribution in [2.45, 2.75) is 38.5 Å². The fourth-order valence-corrected chi connectivity index (χ4v) is 5.42. The number of rotatable bonds is 6. The quantitative estimate of drug-likeness (QED) is 0.620. The van der Waals surface area contributed by atoms with E-state index >= 15 is 0 Å². The van der Waals surface area contributed by atoms with Gasteiger partial charge in [0.05, 0.1) is 5.92 Å². The largest absolute Gasteiger partial charge is 0.360 e. The Balaban J connectivity index is 1.68. The van der Waals surface area contributed by atoms with Crippen LogP contribution < -0.4 is 16.0 Å². The van der Waals surface area contributed by atoms with Crippen molar-refractivity contribution in [3.8, 4) is 0 Å². The minimum Gasteiger partial charge on any atom is -0.360 e. The van der Waals surface area contributed by atoms with Crippen LogP contribution in [0.4, 0.5) is 16.2 Å². The van der Waals surface area contributed by atoms with E-state index < -0.39 is 15.9 Å². The standard InChI is InChI=1S/C20H27N5O5S/c1-4-21-20(27)23-17-9-5-8-16(11-17)22-19(26)15-7-6-10-25(12-15)31(28,29)18-13(2)24-30-14(18)3/h5,8-9,11,15H,4,6-7,10,12H2,1-3H3,(H,22,26)(H2,21,23,27). The van der Waals surface area contributed by atoms with Crippen molar-refractivity contribution in [3.05, 3.63) is 35.7 Å². The lowest BCUT2D eigenvalue weighted by molar-refractivity contribution is -0.120. The van der Waals surface area contributed by atoms with Crippen LogP contribution in [0.2, 0.25) is 0 Å². The van der Waals surface area contributed by atoms with Crippen molar-refractivity contribution < 1.29 is 22.5 Å². The highest BCUT2D eigenvalue weighted by Crippen LogP contribution is 2.28. The summed E-state index contributed by atoms with van der Waals surface area (Å²) in [5.74, 6) is -0.529. The van der Waals surface area contributed by atoms with E-state index in [0.29, 0.717) is 43.0 Å². The summed E-state index contributed by atoms with van der Waals surface area (Å²) in [7, 11) is -3.80. The van der Waals surface area contributed by atoms with Gasteiger partial charge in [-0.1, -0.05) is 11.2 Å². The van der Waals surface area contributed by atoms with Crippen LogP contribution in [0, 0.1) is 19.8 Å². The van der Waals surface area contributed by atoms with Gasteiger partial charge in [0.1, 0.15) is 10.6 Å². The molecule has 10 nitrogen and oxygen atoms in total. The molecule has 2 aromatic rings. The first-order chi connectivity index (χ1) is 14.7. The number of hydrogen-bond donors (Lipinski definition) is 3. The molecule has 0 bridgehead atoms. The maximum atomic E-state index is 13.1. The minimum absolute atomic E-state index is 0.0673. The van der Waals surface area contributed by atoms with E-state index in [-0.39, 0.29) is 29.1 Å². The van der Waals surface area contributed by atoms with Crippen molar-refractivity contribution in [1.29, 1.82) is 0 Å². The van der Waals surface area contributed by atoms with E-state index in [0.717, 1.165) is 0 Å². The Hall–Kier alpha value is -2.92. The molecule has 3 amide bonds. The zero-order valence-corrected chi connectivity index (χ0v) is 18.6. The summed E-state index contributed by atoms with van der Waals surface area (Å²) < 4.78 is 32.5. The SMILES string of the molecule is CCNC(=O)Nc1cccc(NC(=O)C2CCCN(S(=O)(=O)c3c(C)noc3C)C2)c1. The van der Waals surface area contributed by atoms with E-state index in [1.54, 1.807) is 38.1 Å². The van der Waals surface area contributed by atoms with Crippen LogP contribution in [0.5, 0.6) is 0 Å². The number of urea groups is 1. The molecule has 3 rings (SSSR count). The van der Waals surface area contributed by atoms with Gasteiger partial charge in [-0.25, -0.2) is 13.2 Å². The number of anilines is 2. The number of aryl methyl sites for hydroxylation is 2. The second kappa shape index (κ2) is 9.48. The molecule has 11 heteroatoms. The summed E-state index contributed by atoms with van der Waals surface area (Å²) >= 11 is 0. The van der Waals surface area contributed by atoms with E-state index in [2.05, 4.69) is 21.1 Å². The first-order valence-corrected chi connectivity index (χ1v) is 11.5. The molecule has 1 aromatic heterocycles. The maximum absolute atomic E-state index is 13.1. The summed E-state index contributed by atoms with van der Waals surface area (Å²) in [5, 5.41) is 11.9. The molecule has 1 unspecified atom stereocenters. The molecule has 0 spiro atoms. The fourth-order valence-electron chi connectivity index (χ4n) is 3.60. The molecule has 1 aliphatic heterocycles. The topological polar surface area (TPSA) is 134 Å². The third-order valence-electron chi connectivity index (χ3n) is 5.05. The molecule has 1 atom stereocenters. The van der Waals surface area contributed by atoms with E-state index in [1.807, 2.05) is 6.92 Å². The third-order valence-corrected chi connectivity index (χ3v) is 7.16. The lowest BCUT2D eigenvalue weighted by Gasteiger charge is -2.31. The average Bonchev–Trinajstić information content (AvgIpc) is 3.07. The normalized spacial score (nSPS) is 17.2. The van der Waals surface area contributed by atoms with E-state index in [9.17, 15) is 18.0 Å². The highest BCUT2D eigenvalue weighted by Gasteiger charge is 2.36. The monoisotopic (exact) mass is 449 g/mol. The minimum atomic E-state index is -3.80. The van der Waals surface area contributed by atoms with Gasteiger partial charge in [0.15, 0.2) is 5.76 Å². The predicted molar refractivity (Wildman–Crippen MR) is 115 cm³/mol. The molecule has 1 fully saturated rings. The summed E-state index contributed by atoms with van der Waals surface area (Å²) in [4.78, 5) is 24.6. The number of carbonyl (C=O) groups is 2. The van der Waals surface area contributed by atoms with Gasteiger partial charge in [0.2, 0.25) is 15.9 Å². The Labute approximate surface area is 181 Å². The van der Waals surface area contributed by atoms with Crippen LogP contribution in [0.25, 0.3) is 0 Å². The summed E-state index contributed by atoms with van der Waals surface area (Å²) in [6.07, 6.45) is 1.15. The number of carbonyl (C=O) groups excluding carboxylic acids is 2. The van der Waals surface area contributed by atoms with Gasteiger partial charge in [-0.05, 0) is 51.8 Å². The molecular formula is C20H27N5O5S. The highest BCUT2D eigenvalue weighted by molar-refractivity contribution is 7.89. The van der Waals surface area contributed by atoms with Crippen LogP contribution in [0.3, 0.4) is 0 Å². The number of sulfonamides is 1. The zero-order chi connectivity index (χ0) is 22.6. The number of aromatic nitrogens is 1. The highest BCUT2D eigenvalue weighted by atomic mass is 32.2. The van der Waals surface area contributed by atoms with E-state index in [4.69, 9.17) is 4.52 Å². The van der Waals surface area contributed by atoms with Crippen LogP contribution >= 0.6 is 0 Å². The Morgan fingerprint density at radius 1 is 1.23 bits per heavy atom. The molecule has 0 aliphatic carbocycles. The Morgan fingerprint density at radius 2 is 1.94 bits per heavy atom. The molecule has 2 heterocycles. The second-order valence-electron chi connectivity index (χ2n) is 7.41. The number of amides is 3. The van der Waals surface area contributed by atoms with Gasteiger partial charge < -0.3 is 20.5 Å². The third kappa shape index (κ3) is 5.23. The van der Waals surface area contributed by atoms with Crippen molar-refractivity contribution in [2.24, 2.45) is 5.92 Å². The molecule has 168 valence electrons. The number of nitrogens with zero attached hydrogens (tertiary/aromatic N) is 2. The number of nitrogens with one attached hydrogen (secondary N) is 3. The fraction of sp³-hybridized carbons (Fsp3) is 0.450. The number of piperidine rings is 1.